The second-order valence-corrected chi connectivity index (χ2v) is 7.36. The van der Waals surface area contributed by atoms with Crippen molar-refractivity contribution in [3.05, 3.63) is 57.6 Å². The fraction of sp³-hybridized carbons (Fsp3) is 0.174. The molecular weight excluding hydrogens is 464 g/mol. The minimum atomic E-state index is -0.798. The molecule has 1 fully saturated rings. The van der Waals surface area contributed by atoms with Gasteiger partial charge in [-0.25, -0.2) is 9.69 Å². The average Bonchev–Trinajstić information content (AvgIpc) is 2.76. The Morgan fingerprint density at radius 1 is 1.19 bits per heavy atom. The van der Waals surface area contributed by atoms with Crippen molar-refractivity contribution in [1.82, 2.24) is 5.32 Å². The topological polar surface area (TPSA) is 84.9 Å². The van der Waals surface area contributed by atoms with Crippen LogP contribution < -0.4 is 19.7 Å². The summed E-state index contributed by atoms with van der Waals surface area (Å²) in [5, 5.41) is 2.21. The second kappa shape index (κ2) is 9.49. The van der Waals surface area contributed by atoms with E-state index < -0.39 is 17.8 Å². The van der Waals surface area contributed by atoms with Gasteiger partial charge in [0.05, 0.1) is 17.3 Å². The molecule has 8 heteroatoms. The van der Waals surface area contributed by atoms with Gasteiger partial charge in [-0.3, -0.25) is 14.9 Å². The fourth-order valence-electron chi connectivity index (χ4n) is 3.02. The summed E-state index contributed by atoms with van der Waals surface area (Å²) in [7, 11) is 1.46. The number of carbonyl (C=O) groups excluding carboxylic acids is 3. The maximum atomic E-state index is 13.0. The van der Waals surface area contributed by atoms with Gasteiger partial charge in [-0.05, 0) is 63.8 Å². The molecule has 0 aromatic heterocycles. The van der Waals surface area contributed by atoms with Gasteiger partial charge < -0.3 is 9.47 Å². The summed E-state index contributed by atoms with van der Waals surface area (Å²) in [6, 6.07) is 9.44. The third-order valence-corrected chi connectivity index (χ3v) is 5.16. The fourth-order valence-corrected chi connectivity index (χ4v) is 3.59. The van der Waals surface area contributed by atoms with Gasteiger partial charge in [0.25, 0.3) is 11.8 Å². The summed E-state index contributed by atoms with van der Waals surface area (Å²) >= 11 is 3.38. The molecule has 0 saturated carbocycles. The van der Waals surface area contributed by atoms with E-state index in [4.69, 9.17) is 15.9 Å². The molecule has 1 N–H and O–H groups in total. The van der Waals surface area contributed by atoms with Crippen molar-refractivity contribution in [2.75, 3.05) is 18.6 Å². The lowest BCUT2D eigenvalue weighted by molar-refractivity contribution is -0.122. The number of rotatable bonds is 6. The summed E-state index contributed by atoms with van der Waals surface area (Å²) in [6.07, 6.45) is 7.44. The number of imide groups is 2. The highest BCUT2D eigenvalue weighted by molar-refractivity contribution is 9.10. The number of hydrogen-bond donors (Lipinski definition) is 1. The number of terminal acetylenes is 1. The zero-order valence-corrected chi connectivity index (χ0v) is 18.5. The zero-order valence-electron chi connectivity index (χ0n) is 16.9. The van der Waals surface area contributed by atoms with E-state index >= 15 is 0 Å². The van der Waals surface area contributed by atoms with Gasteiger partial charge in [-0.1, -0.05) is 25.0 Å². The zero-order chi connectivity index (χ0) is 22.5. The van der Waals surface area contributed by atoms with Gasteiger partial charge in [0.15, 0.2) is 11.5 Å². The third kappa shape index (κ3) is 4.62. The smallest absolute Gasteiger partial charge is 0.335 e. The molecule has 4 amide bonds. The van der Waals surface area contributed by atoms with E-state index in [2.05, 4.69) is 27.2 Å². The van der Waals surface area contributed by atoms with E-state index in [0.717, 1.165) is 16.9 Å². The Labute approximate surface area is 188 Å². The van der Waals surface area contributed by atoms with Crippen molar-refractivity contribution in [3.8, 4) is 23.8 Å². The molecule has 2 aromatic carbocycles. The maximum Gasteiger partial charge on any atom is 0.335 e. The third-order valence-electron chi connectivity index (χ3n) is 4.57. The molecule has 0 unspecified atom stereocenters. The average molecular weight is 483 g/mol. The summed E-state index contributed by atoms with van der Waals surface area (Å²) < 4.78 is 11.3. The number of aryl methyl sites for hydroxylation is 1. The van der Waals surface area contributed by atoms with E-state index in [1.165, 1.54) is 13.2 Å². The van der Waals surface area contributed by atoms with Crippen LogP contribution in [0.1, 0.15) is 18.1 Å². The van der Waals surface area contributed by atoms with Crippen molar-refractivity contribution >= 4 is 45.5 Å². The number of methoxy groups -OCH3 is 1. The Kier molecular flexibility index (Phi) is 6.78. The number of anilines is 1. The second-order valence-electron chi connectivity index (χ2n) is 6.50. The maximum absolute atomic E-state index is 13.0. The number of amides is 4. The summed E-state index contributed by atoms with van der Waals surface area (Å²) in [4.78, 5) is 38.7. The molecule has 0 spiro atoms. The lowest BCUT2D eigenvalue weighted by Gasteiger charge is -2.26. The number of urea groups is 1. The van der Waals surface area contributed by atoms with Crippen molar-refractivity contribution in [3.63, 3.8) is 0 Å². The van der Waals surface area contributed by atoms with Crippen LogP contribution in [0, 0.1) is 12.3 Å². The van der Waals surface area contributed by atoms with Crippen molar-refractivity contribution in [1.29, 1.82) is 0 Å². The van der Waals surface area contributed by atoms with Crippen LogP contribution in [0.15, 0.2) is 46.4 Å². The highest BCUT2D eigenvalue weighted by Gasteiger charge is 2.36. The first-order valence-corrected chi connectivity index (χ1v) is 10.1. The van der Waals surface area contributed by atoms with Crippen LogP contribution in [0.5, 0.6) is 11.5 Å². The van der Waals surface area contributed by atoms with Crippen LogP contribution in [0.25, 0.3) is 6.08 Å². The number of carbonyl (C=O) groups is 3. The van der Waals surface area contributed by atoms with Crippen molar-refractivity contribution < 1.29 is 23.9 Å². The molecule has 158 valence electrons. The number of ether oxygens (including phenoxy) is 2. The molecule has 1 aliphatic heterocycles. The Hall–Kier alpha value is -3.57. The Bertz CT molecular complexity index is 1120. The number of nitrogens with zero attached hydrogens (tertiary/aromatic N) is 1. The largest absolute Gasteiger partial charge is 0.493 e. The van der Waals surface area contributed by atoms with Crippen LogP contribution >= 0.6 is 15.9 Å². The van der Waals surface area contributed by atoms with Gasteiger partial charge in [-0.2, -0.15) is 0 Å². The van der Waals surface area contributed by atoms with Crippen LogP contribution in [-0.4, -0.2) is 31.6 Å². The van der Waals surface area contributed by atoms with E-state index in [1.807, 2.05) is 19.1 Å². The molecule has 1 saturated heterocycles. The van der Waals surface area contributed by atoms with E-state index in [1.54, 1.807) is 24.3 Å². The van der Waals surface area contributed by atoms with Gasteiger partial charge >= 0.3 is 6.03 Å². The van der Waals surface area contributed by atoms with Gasteiger partial charge in [-0.15, -0.1) is 6.42 Å². The van der Waals surface area contributed by atoms with E-state index in [-0.39, 0.29) is 12.2 Å². The van der Waals surface area contributed by atoms with Crippen molar-refractivity contribution in [2.45, 2.75) is 13.3 Å². The monoisotopic (exact) mass is 482 g/mol. The predicted molar refractivity (Wildman–Crippen MR) is 120 cm³/mol. The Morgan fingerprint density at radius 3 is 2.52 bits per heavy atom. The molecule has 31 heavy (non-hydrogen) atoms. The highest BCUT2D eigenvalue weighted by atomic mass is 79.9. The van der Waals surface area contributed by atoms with Crippen LogP contribution in [-0.2, 0) is 16.0 Å². The number of benzene rings is 2. The quantitative estimate of drug-likeness (QED) is 0.385. The minimum Gasteiger partial charge on any atom is -0.493 e. The molecule has 2 aromatic rings. The summed E-state index contributed by atoms with van der Waals surface area (Å²) in [5.74, 6) is 1.63. The summed E-state index contributed by atoms with van der Waals surface area (Å²) in [5.41, 5.74) is 1.73. The molecule has 3 rings (SSSR count). The molecule has 1 aliphatic rings. The standard InChI is InChI=1S/C23H19BrN2O5/c1-4-10-31-20-18(24)12-15(13-19(20)30-3)11-17-21(27)25-23(29)26(22(17)28)16-8-6-14(5-2)7-9-16/h1,6-9,11-13H,5,10H2,2-3H3,(H,25,27,29)/b17-11-. The first-order valence-electron chi connectivity index (χ1n) is 9.33. The Morgan fingerprint density at radius 2 is 1.90 bits per heavy atom. The van der Waals surface area contributed by atoms with Crippen molar-refractivity contribution in [2.24, 2.45) is 0 Å². The van der Waals surface area contributed by atoms with Crippen LogP contribution in [0.2, 0.25) is 0 Å². The van der Waals surface area contributed by atoms with Gasteiger partial charge in [0.2, 0.25) is 0 Å². The molecule has 0 aliphatic carbocycles. The number of hydrogen-bond acceptors (Lipinski definition) is 5. The molecule has 7 nitrogen and oxygen atoms in total. The first-order chi connectivity index (χ1) is 14.9. The van der Waals surface area contributed by atoms with Gasteiger partial charge in [0.1, 0.15) is 12.2 Å². The van der Waals surface area contributed by atoms with E-state index in [0.29, 0.717) is 27.2 Å². The van der Waals surface area contributed by atoms with Gasteiger partial charge in [0, 0.05) is 0 Å². The summed E-state index contributed by atoms with van der Waals surface area (Å²) in [6.45, 7) is 2.05. The minimum absolute atomic E-state index is 0.0458. The van der Waals surface area contributed by atoms with E-state index in [9.17, 15) is 14.4 Å². The predicted octanol–water partition coefficient (Wildman–Crippen LogP) is 3.70. The lowest BCUT2D eigenvalue weighted by atomic mass is 10.1. The SMILES string of the molecule is C#CCOc1c(Br)cc(/C=C2/C(=O)NC(=O)N(c3ccc(CC)cc3)C2=O)cc1OC. The van der Waals surface area contributed by atoms with Crippen LogP contribution in [0.4, 0.5) is 10.5 Å². The first kappa shape index (κ1) is 22.1. The molecule has 0 radical (unpaired) electrons. The highest BCUT2D eigenvalue weighted by Crippen LogP contribution is 2.37. The molecule has 0 atom stereocenters. The molecule has 1 heterocycles. The Balaban J connectivity index is 1.99. The number of halogens is 1. The molecular formula is C23H19BrN2O5. The lowest BCUT2D eigenvalue weighted by Crippen LogP contribution is -2.54. The molecule has 0 bridgehead atoms. The normalized spacial score (nSPS) is 15.0. The van der Waals surface area contributed by atoms with Crippen LogP contribution in [0.3, 0.4) is 0 Å². The number of barbiturate groups is 1. The number of nitrogens with one attached hydrogen (secondary N) is 1.